The molecule has 0 atom stereocenters. The normalized spacial score (nSPS) is 19.9. The molecule has 20 heavy (non-hydrogen) atoms. The van der Waals surface area contributed by atoms with Crippen molar-refractivity contribution in [3.8, 4) is 0 Å². The Kier molecular flexibility index (Phi) is 3.40. The highest BCUT2D eigenvalue weighted by molar-refractivity contribution is 5.93. The number of aromatic carboxylic acids is 1. The summed E-state index contributed by atoms with van der Waals surface area (Å²) in [6, 6.07) is 3.64. The molecule has 0 aromatic carbocycles. The molecular weight excluding hydrogens is 258 g/mol. The van der Waals surface area contributed by atoms with E-state index in [1.165, 1.54) is 31.2 Å². The maximum atomic E-state index is 12.3. The molecule has 1 amide bonds. The largest absolute Gasteiger partial charge is 0.478 e. The summed E-state index contributed by atoms with van der Waals surface area (Å²) in [5.41, 5.74) is 0.412. The van der Waals surface area contributed by atoms with Gasteiger partial charge >= 0.3 is 5.97 Å². The average Bonchev–Trinajstić information content (AvgIpc) is 3.31. The fourth-order valence-electron chi connectivity index (χ4n) is 2.54. The van der Waals surface area contributed by atoms with Crippen LogP contribution in [0.3, 0.4) is 0 Å². The van der Waals surface area contributed by atoms with Gasteiger partial charge in [-0.15, -0.1) is 0 Å². The fourth-order valence-corrected chi connectivity index (χ4v) is 2.54. The number of aromatic nitrogens is 1. The van der Waals surface area contributed by atoms with Crippen molar-refractivity contribution in [2.45, 2.75) is 18.9 Å². The van der Waals surface area contributed by atoms with Crippen molar-refractivity contribution in [1.82, 2.24) is 14.8 Å². The molecule has 6 heteroatoms. The lowest BCUT2D eigenvalue weighted by Crippen LogP contribution is -2.49. The number of carbonyl (C=O) groups excluding carboxylic acids is 1. The number of pyridine rings is 1. The predicted molar refractivity (Wildman–Crippen MR) is 71.7 cm³/mol. The summed E-state index contributed by atoms with van der Waals surface area (Å²) in [5, 5.41) is 8.81. The molecule has 1 aliphatic heterocycles. The first-order chi connectivity index (χ1) is 9.65. The Labute approximate surface area is 117 Å². The second kappa shape index (κ2) is 5.20. The van der Waals surface area contributed by atoms with Gasteiger partial charge in [-0.2, -0.15) is 0 Å². The van der Waals surface area contributed by atoms with Gasteiger partial charge in [0.2, 0.25) is 0 Å². The Hall–Kier alpha value is -1.95. The minimum atomic E-state index is -1.03. The van der Waals surface area contributed by atoms with Gasteiger partial charge in [0.25, 0.3) is 5.91 Å². The quantitative estimate of drug-likeness (QED) is 0.879. The van der Waals surface area contributed by atoms with Crippen molar-refractivity contribution >= 4 is 11.9 Å². The number of piperazine rings is 1. The van der Waals surface area contributed by atoms with Crippen molar-refractivity contribution in [3.05, 3.63) is 29.6 Å². The lowest BCUT2D eigenvalue weighted by molar-refractivity contribution is 0.0619. The zero-order valence-corrected chi connectivity index (χ0v) is 11.2. The first-order valence-electron chi connectivity index (χ1n) is 6.88. The van der Waals surface area contributed by atoms with E-state index in [9.17, 15) is 9.59 Å². The Morgan fingerprint density at radius 2 is 1.85 bits per heavy atom. The number of amides is 1. The van der Waals surface area contributed by atoms with Crippen LogP contribution >= 0.6 is 0 Å². The van der Waals surface area contributed by atoms with Gasteiger partial charge in [0.15, 0.2) is 0 Å². The maximum Gasteiger partial charge on any atom is 0.337 e. The number of hydrogen-bond acceptors (Lipinski definition) is 4. The van der Waals surface area contributed by atoms with E-state index in [1.54, 1.807) is 4.90 Å². The third-order valence-electron chi connectivity index (χ3n) is 3.89. The first-order valence-corrected chi connectivity index (χ1v) is 6.88. The molecule has 1 saturated heterocycles. The predicted octanol–water partition coefficient (Wildman–Crippen LogP) is 0.700. The van der Waals surface area contributed by atoms with E-state index in [0.717, 1.165) is 32.2 Å². The molecule has 0 bridgehead atoms. The van der Waals surface area contributed by atoms with Crippen molar-refractivity contribution in [2.24, 2.45) is 0 Å². The second-order valence-corrected chi connectivity index (χ2v) is 5.30. The lowest BCUT2D eigenvalue weighted by Gasteiger charge is -2.34. The van der Waals surface area contributed by atoms with E-state index >= 15 is 0 Å². The topological polar surface area (TPSA) is 73.7 Å². The summed E-state index contributed by atoms with van der Waals surface area (Å²) >= 11 is 0. The highest BCUT2D eigenvalue weighted by Crippen LogP contribution is 2.27. The van der Waals surface area contributed by atoms with Gasteiger partial charge in [-0.25, -0.2) is 4.79 Å². The van der Waals surface area contributed by atoms with Crippen LogP contribution in [-0.2, 0) is 0 Å². The van der Waals surface area contributed by atoms with E-state index < -0.39 is 5.97 Å². The van der Waals surface area contributed by atoms with Crippen molar-refractivity contribution < 1.29 is 14.7 Å². The summed E-state index contributed by atoms with van der Waals surface area (Å²) < 4.78 is 0. The highest BCUT2D eigenvalue weighted by atomic mass is 16.4. The molecule has 2 heterocycles. The van der Waals surface area contributed by atoms with Crippen LogP contribution < -0.4 is 0 Å². The van der Waals surface area contributed by atoms with Gasteiger partial charge in [0, 0.05) is 38.4 Å². The Bertz CT molecular complexity index is 517. The van der Waals surface area contributed by atoms with Crippen LogP contribution in [0, 0.1) is 0 Å². The third-order valence-corrected chi connectivity index (χ3v) is 3.89. The zero-order chi connectivity index (χ0) is 14.1. The monoisotopic (exact) mass is 275 g/mol. The molecule has 6 nitrogen and oxygen atoms in total. The van der Waals surface area contributed by atoms with Gasteiger partial charge in [0.1, 0.15) is 5.69 Å². The molecule has 1 aliphatic carbocycles. The first kappa shape index (κ1) is 13.1. The summed E-state index contributed by atoms with van der Waals surface area (Å²) in [6.07, 6.45) is 3.80. The molecule has 0 unspecified atom stereocenters. The number of carbonyl (C=O) groups is 2. The summed E-state index contributed by atoms with van der Waals surface area (Å²) in [7, 11) is 0. The highest BCUT2D eigenvalue weighted by Gasteiger charge is 2.32. The molecule has 0 spiro atoms. The Morgan fingerprint density at radius 3 is 2.35 bits per heavy atom. The molecule has 2 fully saturated rings. The summed E-state index contributed by atoms with van der Waals surface area (Å²) in [6.45, 7) is 3.28. The lowest BCUT2D eigenvalue weighted by atomic mass is 10.2. The van der Waals surface area contributed by atoms with Crippen LogP contribution in [-0.4, -0.2) is 64.0 Å². The minimum absolute atomic E-state index is 0.0973. The Balaban J connectivity index is 1.62. The molecule has 3 rings (SSSR count). The van der Waals surface area contributed by atoms with Crippen LogP contribution in [0.25, 0.3) is 0 Å². The zero-order valence-electron chi connectivity index (χ0n) is 11.2. The summed E-state index contributed by atoms with van der Waals surface area (Å²) in [4.78, 5) is 31.2. The molecule has 1 aromatic heterocycles. The number of nitrogens with zero attached hydrogens (tertiary/aromatic N) is 3. The third kappa shape index (κ3) is 2.65. The van der Waals surface area contributed by atoms with E-state index in [4.69, 9.17) is 5.11 Å². The van der Waals surface area contributed by atoms with Crippen LogP contribution in [0.15, 0.2) is 18.3 Å². The van der Waals surface area contributed by atoms with Gasteiger partial charge in [-0.05, 0) is 25.0 Å². The number of carboxylic acids is 1. The molecule has 2 aliphatic rings. The molecule has 0 radical (unpaired) electrons. The smallest absolute Gasteiger partial charge is 0.337 e. The average molecular weight is 275 g/mol. The van der Waals surface area contributed by atoms with Crippen molar-refractivity contribution in [3.63, 3.8) is 0 Å². The van der Waals surface area contributed by atoms with Crippen LogP contribution in [0.2, 0.25) is 0 Å². The number of rotatable bonds is 3. The molecule has 1 N–H and O–H groups in total. The van der Waals surface area contributed by atoms with Gasteiger partial charge in [0.05, 0.1) is 5.56 Å². The van der Waals surface area contributed by atoms with Gasteiger partial charge < -0.3 is 10.0 Å². The van der Waals surface area contributed by atoms with Crippen LogP contribution in [0.1, 0.15) is 33.7 Å². The van der Waals surface area contributed by atoms with Crippen molar-refractivity contribution in [2.75, 3.05) is 26.2 Å². The van der Waals surface area contributed by atoms with Crippen LogP contribution in [0.5, 0.6) is 0 Å². The maximum absolute atomic E-state index is 12.3. The van der Waals surface area contributed by atoms with Gasteiger partial charge in [-0.3, -0.25) is 14.7 Å². The molecular formula is C14H17N3O3. The van der Waals surface area contributed by atoms with E-state index in [1.807, 2.05) is 0 Å². The number of hydrogen-bond donors (Lipinski definition) is 1. The molecule has 1 saturated carbocycles. The summed E-state index contributed by atoms with van der Waals surface area (Å²) in [5.74, 6) is -1.15. The number of carboxylic acid groups (broad SMARTS) is 1. The van der Waals surface area contributed by atoms with Crippen LogP contribution in [0.4, 0.5) is 0 Å². The van der Waals surface area contributed by atoms with Gasteiger partial charge in [-0.1, -0.05) is 0 Å². The van der Waals surface area contributed by atoms with E-state index in [-0.39, 0.29) is 11.5 Å². The molecule has 106 valence electrons. The Morgan fingerprint density at radius 1 is 1.15 bits per heavy atom. The second-order valence-electron chi connectivity index (χ2n) is 5.30. The molecule has 1 aromatic rings. The standard InChI is InChI=1S/C14H17N3O3/c18-13(12-4-1-10(9-15-12)14(19)20)17-7-5-16(6-8-17)11-2-3-11/h1,4,9,11H,2-3,5-8H2,(H,19,20). The van der Waals surface area contributed by atoms with E-state index in [2.05, 4.69) is 9.88 Å². The van der Waals surface area contributed by atoms with E-state index in [0.29, 0.717) is 5.69 Å². The fraction of sp³-hybridized carbons (Fsp3) is 0.500. The SMILES string of the molecule is O=C(O)c1ccc(C(=O)N2CCN(C3CC3)CC2)nc1. The van der Waals surface area contributed by atoms with Crippen molar-refractivity contribution in [1.29, 1.82) is 0 Å². The minimum Gasteiger partial charge on any atom is -0.478 e.